The van der Waals surface area contributed by atoms with E-state index >= 15 is 0 Å². The highest BCUT2D eigenvalue weighted by molar-refractivity contribution is 6.33. The van der Waals surface area contributed by atoms with E-state index in [-0.39, 0.29) is 10.7 Å². The number of nitro groups is 1. The van der Waals surface area contributed by atoms with Gasteiger partial charge >= 0.3 is 0 Å². The molecule has 20 heavy (non-hydrogen) atoms. The highest BCUT2D eigenvalue weighted by atomic mass is 35.5. The number of aromatic nitrogens is 2. The minimum Gasteiger partial charge on any atom is -0.352 e. The van der Waals surface area contributed by atoms with E-state index < -0.39 is 4.92 Å². The highest BCUT2D eigenvalue weighted by Gasteiger charge is 2.16. The normalized spacial score (nSPS) is 10.6. The Kier molecular flexibility index (Phi) is 3.94. The quantitative estimate of drug-likeness (QED) is 0.691. The Hall–Kier alpha value is -2.08. The second-order valence-electron chi connectivity index (χ2n) is 4.52. The fraction of sp³-hybridized carbons (Fsp3) is 0.308. The fourth-order valence-corrected chi connectivity index (χ4v) is 2.22. The van der Waals surface area contributed by atoms with Crippen molar-refractivity contribution in [3.8, 4) is 0 Å². The molecule has 1 aromatic carbocycles. The van der Waals surface area contributed by atoms with Crippen LogP contribution in [-0.2, 0) is 13.5 Å². The molecule has 0 fully saturated rings. The first-order valence-electron chi connectivity index (χ1n) is 6.16. The van der Waals surface area contributed by atoms with Gasteiger partial charge in [0.05, 0.1) is 16.3 Å². The number of nitrogens with zero attached hydrogens (tertiary/aromatic N) is 3. The standard InChI is InChI=1S/C13H15ClN4O2/c1-4-10-12(7-17(3)16-10)15-11-6-9(14)13(18(19)20)5-8(11)2/h5-7,15H,4H2,1-3H3. The number of nitrogens with one attached hydrogen (secondary N) is 1. The lowest BCUT2D eigenvalue weighted by atomic mass is 10.1. The van der Waals surface area contributed by atoms with Gasteiger partial charge in [-0.1, -0.05) is 18.5 Å². The molecule has 0 atom stereocenters. The Morgan fingerprint density at radius 3 is 2.75 bits per heavy atom. The molecule has 0 unspecified atom stereocenters. The summed E-state index contributed by atoms with van der Waals surface area (Å²) >= 11 is 5.94. The van der Waals surface area contributed by atoms with Crippen molar-refractivity contribution < 1.29 is 4.92 Å². The summed E-state index contributed by atoms with van der Waals surface area (Å²) in [6.07, 6.45) is 2.66. The van der Waals surface area contributed by atoms with E-state index in [1.54, 1.807) is 17.7 Å². The number of benzene rings is 1. The minimum atomic E-state index is -0.485. The number of anilines is 2. The van der Waals surface area contributed by atoms with Crippen molar-refractivity contribution in [3.63, 3.8) is 0 Å². The summed E-state index contributed by atoms with van der Waals surface area (Å²) in [5.41, 5.74) is 3.22. The zero-order chi connectivity index (χ0) is 14.9. The molecule has 0 amide bonds. The molecule has 2 aromatic rings. The van der Waals surface area contributed by atoms with E-state index in [2.05, 4.69) is 10.4 Å². The molecule has 0 saturated heterocycles. The van der Waals surface area contributed by atoms with E-state index in [9.17, 15) is 10.1 Å². The zero-order valence-corrected chi connectivity index (χ0v) is 12.2. The van der Waals surface area contributed by atoms with Gasteiger partial charge in [-0.3, -0.25) is 14.8 Å². The Bertz CT molecular complexity index is 667. The van der Waals surface area contributed by atoms with E-state index in [1.807, 2.05) is 20.2 Å². The Balaban J connectivity index is 2.39. The summed E-state index contributed by atoms with van der Waals surface area (Å²) in [6.45, 7) is 3.82. The van der Waals surface area contributed by atoms with Gasteiger partial charge in [0.1, 0.15) is 5.02 Å². The first-order valence-corrected chi connectivity index (χ1v) is 6.54. The van der Waals surface area contributed by atoms with Crippen LogP contribution in [0.4, 0.5) is 17.1 Å². The van der Waals surface area contributed by atoms with Crippen molar-refractivity contribution in [2.24, 2.45) is 7.05 Å². The summed E-state index contributed by atoms with van der Waals surface area (Å²) in [7, 11) is 1.85. The predicted octanol–water partition coefficient (Wildman–Crippen LogP) is 3.60. The van der Waals surface area contributed by atoms with Gasteiger partial charge in [0.15, 0.2) is 0 Å². The van der Waals surface area contributed by atoms with Crippen molar-refractivity contribution in [1.82, 2.24) is 9.78 Å². The van der Waals surface area contributed by atoms with Crippen molar-refractivity contribution >= 4 is 28.7 Å². The second kappa shape index (κ2) is 5.50. The molecule has 0 saturated carbocycles. The maximum absolute atomic E-state index is 10.8. The lowest BCUT2D eigenvalue weighted by molar-refractivity contribution is -0.384. The van der Waals surface area contributed by atoms with Crippen molar-refractivity contribution in [2.45, 2.75) is 20.3 Å². The molecule has 0 aliphatic rings. The van der Waals surface area contributed by atoms with Crippen LogP contribution in [0.3, 0.4) is 0 Å². The maximum atomic E-state index is 10.8. The lowest BCUT2D eigenvalue weighted by Crippen LogP contribution is -1.97. The molecule has 0 radical (unpaired) electrons. The monoisotopic (exact) mass is 294 g/mol. The van der Waals surface area contributed by atoms with Gasteiger partial charge in [-0.05, 0) is 25.0 Å². The molecule has 0 spiro atoms. The molecule has 1 heterocycles. The zero-order valence-electron chi connectivity index (χ0n) is 11.5. The molecule has 1 N–H and O–H groups in total. The van der Waals surface area contributed by atoms with Gasteiger partial charge < -0.3 is 5.32 Å². The molecule has 106 valence electrons. The van der Waals surface area contributed by atoms with Gasteiger partial charge in [-0.25, -0.2) is 0 Å². The highest BCUT2D eigenvalue weighted by Crippen LogP contribution is 2.32. The minimum absolute atomic E-state index is 0.0865. The van der Waals surface area contributed by atoms with Crippen LogP contribution in [0.15, 0.2) is 18.3 Å². The summed E-state index contributed by atoms with van der Waals surface area (Å²) in [5.74, 6) is 0. The van der Waals surface area contributed by atoms with Gasteiger partial charge in [0.25, 0.3) is 5.69 Å². The van der Waals surface area contributed by atoms with Crippen LogP contribution in [0.25, 0.3) is 0 Å². The molecule has 2 rings (SSSR count). The van der Waals surface area contributed by atoms with Crippen LogP contribution in [0.1, 0.15) is 18.2 Å². The van der Waals surface area contributed by atoms with E-state index in [1.165, 1.54) is 6.07 Å². The lowest BCUT2D eigenvalue weighted by Gasteiger charge is -2.09. The van der Waals surface area contributed by atoms with Gasteiger partial charge in [-0.15, -0.1) is 0 Å². The molecule has 7 heteroatoms. The summed E-state index contributed by atoms with van der Waals surface area (Å²) in [6, 6.07) is 3.04. The Morgan fingerprint density at radius 2 is 2.15 bits per heavy atom. The second-order valence-corrected chi connectivity index (χ2v) is 4.92. The average molecular weight is 295 g/mol. The van der Waals surface area contributed by atoms with Gasteiger partial charge in [0.2, 0.25) is 0 Å². The van der Waals surface area contributed by atoms with Crippen molar-refractivity contribution in [2.75, 3.05) is 5.32 Å². The maximum Gasteiger partial charge on any atom is 0.288 e. The first-order chi connectivity index (χ1) is 9.42. The first kappa shape index (κ1) is 14.3. The molecular formula is C13H15ClN4O2. The smallest absolute Gasteiger partial charge is 0.288 e. The van der Waals surface area contributed by atoms with Crippen molar-refractivity contribution in [3.05, 3.63) is 44.7 Å². The van der Waals surface area contributed by atoms with Crippen LogP contribution in [0.5, 0.6) is 0 Å². The van der Waals surface area contributed by atoms with E-state index in [4.69, 9.17) is 11.6 Å². The topological polar surface area (TPSA) is 73.0 Å². The van der Waals surface area contributed by atoms with E-state index in [0.29, 0.717) is 0 Å². The number of halogens is 1. The number of aryl methyl sites for hydroxylation is 3. The van der Waals surface area contributed by atoms with Gasteiger partial charge in [-0.2, -0.15) is 5.10 Å². The third-order valence-corrected chi connectivity index (χ3v) is 3.30. The average Bonchev–Trinajstić information content (AvgIpc) is 2.73. The third kappa shape index (κ3) is 2.75. The Labute approximate surface area is 121 Å². The molecule has 6 nitrogen and oxygen atoms in total. The Morgan fingerprint density at radius 1 is 1.45 bits per heavy atom. The van der Waals surface area contributed by atoms with Crippen LogP contribution in [-0.4, -0.2) is 14.7 Å². The van der Waals surface area contributed by atoms with Crippen LogP contribution in [0.2, 0.25) is 5.02 Å². The SMILES string of the molecule is CCc1nn(C)cc1Nc1cc(Cl)c([N+](=O)[O-])cc1C. The molecule has 1 aromatic heterocycles. The van der Waals surface area contributed by atoms with Crippen LogP contribution >= 0.6 is 11.6 Å². The van der Waals surface area contributed by atoms with Crippen LogP contribution in [0, 0.1) is 17.0 Å². The number of rotatable bonds is 4. The summed E-state index contributed by atoms with van der Waals surface area (Å²) in [4.78, 5) is 10.3. The summed E-state index contributed by atoms with van der Waals surface area (Å²) < 4.78 is 1.73. The largest absolute Gasteiger partial charge is 0.352 e. The van der Waals surface area contributed by atoms with Crippen LogP contribution < -0.4 is 5.32 Å². The molecule has 0 aliphatic heterocycles. The molecular weight excluding hydrogens is 280 g/mol. The molecule has 0 bridgehead atoms. The number of nitro benzene ring substituents is 1. The van der Waals surface area contributed by atoms with E-state index in [0.717, 1.165) is 29.1 Å². The van der Waals surface area contributed by atoms with Gasteiger partial charge in [0, 0.05) is 25.0 Å². The molecule has 0 aliphatic carbocycles. The van der Waals surface area contributed by atoms with Crippen molar-refractivity contribution in [1.29, 1.82) is 0 Å². The fourth-order valence-electron chi connectivity index (χ4n) is 1.99. The third-order valence-electron chi connectivity index (χ3n) is 3.00. The number of hydrogen-bond donors (Lipinski definition) is 1. The number of hydrogen-bond acceptors (Lipinski definition) is 4. The summed E-state index contributed by atoms with van der Waals surface area (Å²) in [5, 5.41) is 18.5. The predicted molar refractivity (Wildman–Crippen MR) is 78.7 cm³/mol.